The van der Waals surface area contributed by atoms with Gasteiger partial charge in [-0.05, 0) is 41.5 Å². The number of halogens is 3. The fraction of sp³-hybridized carbons (Fsp3) is 0.231. The predicted molar refractivity (Wildman–Crippen MR) is 151 cm³/mol. The molecule has 0 spiro atoms. The maximum absolute atomic E-state index is 13.9. The Balaban J connectivity index is 2.05. The van der Waals surface area contributed by atoms with E-state index in [0.29, 0.717) is 25.8 Å². The molecule has 11 heteroatoms. The molecule has 2 amide bonds. The average molecular weight is 627 g/mol. The van der Waals surface area contributed by atoms with Gasteiger partial charge in [-0.2, -0.15) is 0 Å². The van der Waals surface area contributed by atoms with E-state index in [2.05, 4.69) is 21.2 Å². The number of sulfonamides is 1. The Morgan fingerprint density at radius 3 is 2.30 bits per heavy atom. The topological polar surface area (TPSA) is 86.8 Å². The van der Waals surface area contributed by atoms with Crippen molar-refractivity contribution in [1.29, 1.82) is 0 Å². The van der Waals surface area contributed by atoms with Gasteiger partial charge in [-0.15, -0.1) is 0 Å². The van der Waals surface area contributed by atoms with Gasteiger partial charge in [0.05, 0.1) is 11.9 Å². The zero-order valence-corrected chi connectivity index (χ0v) is 24.1. The molecular weight excluding hydrogens is 601 g/mol. The standard InChI is InChI=1S/C26H26BrCl2N3O4S/c1-30-26(34)24(13-18-7-4-3-5-8-18)31(16-19-11-12-21(28)15-23(19)29)25(33)17-32(37(2,35)36)22-10-6-9-20(27)14-22/h3-12,14-15,24H,13,16-17H2,1-2H3,(H,30,34). The lowest BCUT2D eigenvalue weighted by atomic mass is 10.0. The summed E-state index contributed by atoms with van der Waals surface area (Å²) < 4.78 is 27.1. The molecule has 1 unspecified atom stereocenters. The first kappa shape index (κ1) is 29.0. The van der Waals surface area contributed by atoms with Crippen molar-refractivity contribution in [2.24, 2.45) is 0 Å². The van der Waals surface area contributed by atoms with Crippen molar-refractivity contribution in [3.8, 4) is 0 Å². The summed E-state index contributed by atoms with van der Waals surface area (Å²) in [6.45, 7) is -0.543. The zero-order valence-electron chi connectivity index (χ0n) is 20.2. The van der Waals surface area contributed by atoms with Gasteiger partial charge < -0.3 is 10.2 Å². The quantitative estimate of drug-likeness (QED) is 0.347. The van der Waals surface area contributed by atoms with E-state index in [1.807, 2.05) is 30.3 Å². The number of likely N-dealkylation sites (N-methyl/N-ethyl adjacent to an activating group) is 1. The highest BCUT2D eigenvalue weighted by atomic mass is 79.9. The first-order valence-electron chi connectivity index (χ1n) is 11.2. The van der Waals surface area contributed by atoms with Crippen molar-refractivity contribution in [3.63, 3.8) is 0 Å². The molecule has 3 rings (SSSR count). The third-order valence-electron chi connectivity index (χ3n) is 5.65. The Morgan fingerprint density at radius 2 is 1.70 bits per heavy atom. The summed E-state index contributed by atoms with van der Waals surface area (Å²) in [6.07, 6.45) is 1.25. The van der Waals surface area contributed by atoms with Crippen LogP contribution in [0.4, 0.5) is 5.69 Å². The Labute approximate surface area is 235 Å². The van der Waals surface area contributed by atoms with Crippen LogP contribution in [0.15, 0.2) is 77.3 Å². The van der Waals surface area contributed by atoms with Crippen LogP contribution >= 0.6 is 39.1 Å². The van der Waals surface area contributed by atoms with Crippen LogP contribution in [0.3, 0.4) is 0 Å². The Kier molecular flexibility index (Phi) is 10.0. The Bertz CT molecular complexity index is 1370. The van der Waals surface area contributed by atoms with E-state index >= 15 is 0 Å². The van der Waals surface area contributed by atoms with Crippen LogP contribution in [0.1, 0.15) is 11.1 Å². The summed E-state index contributed by atoms with van der Waals surface area (Å²) in [7, 11) is -2.35. The van der Waals surface area contributed by atoms with Gasteiger partial charge in [-0.25, -0.2) is 8.42 Å². The van der Waals surface area contributed by atoms with Gasteiger partial charge in [0.1, 0.15) is 12.6 Å². The van der Waals surface area contributed by atoms with Crippen molar-refractivity contribution in [2.75, 3.05) is 24.2 Å². The van der Waals surface area contributed by atoms with E-state index in [0.717, 1.165) is 16.1 Å². The molecule has 0 aliphatic heterocycles. The van der Waals surface area contributed by atoms with E-state index in [1.54, 1.807) is 42.5 Å². The Morgan fingerprint density at radius 1 is 1.00 bits per heavy atom. The van der Waals surface area contributed by atoms with E-state index in [4.69, 9.17) is 23.2 Å². The second kappa shape index (κ2) is 12.8. The predicted octanol–water partition coefficient (Wildman–Crippen LogP) is 4.91. The molecule has 37 heavy (non-hydrogen) atoms. The molecular formula is C26H26BrCl2N3O4S. The zero-order chi connectivity index (χ0) is 27.2. The lowest BCUT2D eigenvalue weighted by Crippen LogP contribution is -2.52. The fourth-order valence-electron chi connectivity index (χ4n) is 3.80. The van der Waals surface area contributed by atoms with Gasteiger partial charge >= 0.3 is 0 Å². The molecule has 0 saturated heterocycles. The lowest BCUT2D eigenvalue weighted by molar-refractivity contribution is -0.139. The number of benzene rings is 3. The van der Waals surface area contributed by atoms with E-state index in [9.17, 15) is 18.0 Å². The molecule has 0 aliphatic rings. The third kappa shape index (κ3) is 7.95. The summed E-state index contributed by atoms with van der Waals surface area (Å²) in [4.78, 5) is 28.3. The SMILES string of the molecule is CNC(=O)C(Cc1ccccc1)N(Cc1ccc(Cl)cc1Cl)C(=O)CN(c1cccc(Br)c1)S(C)(=O)=O. The molecule has 0 radical (unpaired) electrons. The first-order valence-corrected chi connectivity index (χ1v) is 14.6. The minimum absolute atomic E-state index is 0.0319. The number of amides is 2. The molecule has 196 valence electrons. The minimum atomic E-state index is -3.84. The van der Waals surface area contributed by atoms with Crippen molar-refractivity contribution in [3.05, 3.63) is 98.4 Å². The molecule has 0 aliphatic carbocycles. The van der Waals surface area contributed by atoms with Gasteiger partial charge in [0.2, 0.25) is 21.8 Å². The van der Waals surface area contributed by atoms with Crippen LogP contribution in [0.5, 0.6) is 0 Å². The molecule has 0 saturated carbocycles. The molecule has 0 bridgehead atoms. The summed E-state index contributed by atoms with van der Waals surface area (Å²) in [5.41, 5.74) is 1.71. The number of hydrogen-bond acceptors (Lipinski definition) is 4. The number of carbonyl (C=O) groups excluding carboxylic acids is 2. The van der Waals surface area contributed by atoms with Crippen LogP contribution < -0.4 is 9.62 Å². The maximum atomic E-state index is 13.9. The highest BCUT2D eigenvalue weighted by molar-refractivity contribution is 9.10. The summed E-state index contributed by atoms with van der Waals surface area (Å²) in [6, 6.07) is 19.8. The highest BCUT2D eigenvalue weighted by Gasteiger charge is 2.33. The van der Waals surface area contributed by atoms with E-state index in [1.165, 1.54) is 11.9 Å². The molecule has 1 N–H and O–H groups in total. The minimum Gasteiger partial charge on any atom is -0.357 e. The molecule has 0 heterocycles. The van der Waals surface area contributed by atoms with Gasteiger partial charge in [-0.3, -0.25) is 13.9 Å². The monoisotopic (exact) mass is 625 g/mol. The summed E-state index contributed by atoms with van der Waals surface area (Å²) in [5, 5.41) is 3.38. The van der Waals surface area contributed by atoms with Crippen LogP contribution in [0, 0.1) is 0 Å². The third-order valence-corrected chi connectivity index (χ3v) is 7.87. The molecule has 7 nitrogen and oxygen atoms in total. The van der Waals surface area contributed by atoms with Crippen LogP contribution in [-0.2, 0) is 32.6 Å². The van der Waals surface area contributed by atoms with Crippen LogP contribution in [0.2, 0.25) is 10.0 Å². The molecule has 0 fully saturated rings. The van der Waals surface area contributed by atoms with Gasteiger partial charge in [0.25, 0.3) is 0 Å². The number of nitrogens with one attached hydrogen (secondary N) is 1. The second-order valence-corrected chi connectivity index (χ2v) is 12.0. The molecule has 0 aromatic heterocycles. The van der Waals surface area contributed by atoms with Crippen LogP contribution in [-0.4, -0.2) is 51.0 Å². The van der Waals surface area contributed by atoms with E-state index < -0.39 is 34.4 Å². The number of nitrogens with zero attached hydrogens (tertiary/aromatic N) is 2. The van der Waals surface area contributed by atoms with Gasteiger partial charge in [0, 0.05) is 34.5 Å². The maximum Gasteiger partial charge on any atom is 0.244 e. The van der Waals surface area contributed by atoms with Gasteiger partial charge in [0.15, 0.2) is 0 Å². The number of hydrogen-bond donors (Lipinski definition) is 1. The number of anilines is 1. The summed E-state index contributed by atoms with van der Waals surface area (Å²) >= 11 is 15.8. The summed E-state index contributed by atoms with van der Waals surface area (Å²) in [5.74, 6) is -0.961. The fourth-order valence-corrected chi connectivity index (χ4v) is 5.50. The normalized spacial score (nSPS) is 12.0. The highest BCUT2D eigenvalue weighted by Crippen LogP contribution is 2.26. The van der Waals surface area contributed by atoms with Crippen molar-refractivity contribution >= 4 is 66.7 Å². The average Bonchev–Trinajstić information content (AvgIpc) is 2.85. The Hall–Kier alpha value is -2.59. The van der Waals surface area contributed by atoms with Crippen molar-refractivity contribution < 1.29 is 18.0 Å². The molecule has 3 aromatic rings. The largest absolute Gasteiger partial charge is 0.357 e. The number of rotatable bonds is 10. The smallest absolute Gasteiger partial charge is 0.244 e. The van der Waals surface area contributed by atoms with Crippen molar-refractivity contribution in [1.82, 2.24) is 10.2 Å². The van der Waals surface area contributed by atoms with Crippen LogP contribution in [0.25, 0.3) is 0 Å². The number of carbonyl (C=O) groups is 2. The molecule has 3 aromatic carbocycles. The molecule has 1 atom stereocenters. The second-order valence-electron chi connectivity index (χ2n) is 8.33. The van der Waals surface area contributed by atoms with E-state index in [-0.39, 0.29) is 13.0 Å². The first-order chi connectivity index (χ1) is 17.5. The lowest BCUT2D eigenvalue weighted by Gasteiger charge is -2.33. The van der Waals surface area contributed by atoms with Gasteiger partial charge in [-0.1, -0.05) is 81.6 Å². The van der Waals surface area contributed by atoms with Crippen molar-refractivity contribution in [2.45, 2.75) is 19.0 Å².